The molecule has 1 saturated heterocycles. The van der Waals surface area contributed by atoms with Crippen LogP contribution < -0.4 is 5.73 Å². The van der Waals surface area contributed by atoms with Crippen molar-refractivity contribution in [2.24, 2.45) is 5.73 Å². The Kier molecular flexibility index (Phi) is 5.44. The molecule has 2 nitrogen and oxygen atoms in total. The van der Waals surface area contributed by atoms with Gasteiger partial charge in [0.15, 0.2) is 0 Å². The molecule has 0 radical (unpaired) electrons. The summed E-state index contributed by atoms with van der Waals surface area (Å²) in [5, 5.41) is 0. The molecule has 0 amide bonds. The number of hydrogen-bond acceptors (Lipinski definition) is 2. The van der Waals surface area contributed by atoms with E-state index < -0.39 is 17.8 Å². The molecule has 0 unspecified atom stereocenters. The van der Waals surface area contributed by atoms with E-state index in [4.69, 9.17) is 5.73 Å². The SMILES string of the molecule is Cl.N[C@H](CN1CCC1)c1ccc(F)c(C(F)F)c1. The van der Waals surface area contributed by atoms with Crippen molar-refractivity contribution in [3.05, 3.63) is 35.1 Å². The summed E-state index contributed by atoms with van der Waals surface area (Å²) in [5.74, 6) is -0.875. The zero-order chi connectivity index (χ0) is 12.4. The quantitative estimate of drug-likeness (QED) is 0.919. The summed E-state index contributed by atoms with van der Waals surface area (Å²) in [4.78, 5) is 2.15. The smallest absolute Gasteiger partial charge is 0.266 e. The second-order valence-corrected chi connectivity index (χ2v) is 4.34. The highest BCUT2D eigenvalue weighted by Crippen LogP contribution is 2.25. The average molecular weight is 281 g/mol. The molecule has 1 heterocycles. The van der Waals surface area contributed by atoms with Crippen LogP contribution in [0.3, 0.4) is 0 Å². The molecule has 2 N–H and O–H groups in total. The highest BCUT2D eigenvalue weighted by atomic mass is 35.5. The molecule has 6 heteroatoms. The first-order valence-electron chi connectivity index (χ1n) is 5.63. The van der Waals surface area contributed by atoms with E-state index >= 15 is 0 Å². The predicted molar refractivity (Wildman–Crippen MR) is 66.6 cm³/mol. The molecule has 1 aliphatic heterocycles. The van der Waals surface area contributed by atoms with Gasteiger partial charge in [0, 0.05) is 12.6 Å². The molecular formula is C12H16ClF3N2. The molecule has 0 aromatic heterocycles. The average Bonchev–Trinajstić information content (AvgIpc) is 2.23. The lowest BCUT2D eigenvalue weighted by atomic mass is 10.0. The lowest BCUT2D eigenvalue weighted by Gasteiger charge is -2.33. The van der Waals surface area contributed by atoms with Gasteiger partial charge in [0.25, 0.3) is 6.43 Å². The van der Waals surface area contributed by atoms with Gasteiger partial charge < -0.3 is 10.6 Å². The van der Waals surface area contributed by atoms with Gasteiger partial charge in [0.05, 0.1) is 5.56 Å². The Labute approximate surface area is 110 Å². The Morgan fingerprint density at radius 1 is 1.28 bits per heavy atom. The van der Waals surface area contributed by atoms with Gasteiger partial charge in [-0.15, -0.1) is 12.4 Å². The minimum absolute atomic E-state index is 0. The monoisotopic (exact) mass is 280 g/mol. The fraction of sp³-hybridized carbons (Fsp3) is 0.500. The van der Waals surface area contributed by atoms with E-state index in [-0.39, 0.29) is 18.4 Å². The number of likely N-dealkylation sites (tertiary alicyclic amines) is 1. The fourth-order valence-corrected chi connectivity index (χ4v) is 1.91. The van der Waals surface area contributed by atoms with Crippen LogP contribution in [0.25, 0.3) is 0 Å². The van der Waals surface area contributed by atoms with Crippen LogP contribution in [0.5, 0.6) is 0 Å². The molecule has 1 atom stereocenters. The normalized spacial score (nSPS) is 17.2. The van der Waals surface area contributed by atoms with Gasteiger partial charge in [-0.2, -0.15) is 0 Å². The summed E-state index contributed by atoms with van der Waals surface area (Å²) in [6.45, 7) is 2.63. The third-order valence-corrected chi connectivity index (χ3v) is 3.09. The highest BCUT2D eigenvalue weighted by Gasteiger charge is 2.20. The van der Waals surface area contributed by atoms with E-state index in [0.29, 0.717) is 12.1 Å². The van der Waals surface area contributed by atoms with Crippen LogP contribution >= 0.6 is 12.4 Å². The summed E-state index contributed by atoms with van der Waals surface area (Å²) in [7, 11) is 0. The molecule has 0 saturated carbocycles. The minimum Gasteiger partial charge on any atom is -0.323 e. The number of alkyl halides is 2. The molecular weight excluding hydrogens is 265 g/mol. The van der Waals surface area contributed by atoms with E-state index in [1.165, 1.54) is 12.1 Å². The van der Waals surface area contributed by atoms with Crippen LogP contribution in [0.2, 0.25) is 0 Å². The summed E-state index contributed by atoms with van der Waals surface area (Å²) in [5.41, 5.74) is 5.91. The van der Waals surface area contributed by atoms with Crippen LogP contribution in [0, 0.1) is 5.82 Å². The summed E-state index contributed by atoms with van der Waals surface area (Å²) in [6, 6.07) is 3.37. The van der Waals surface area contributed by atoms with Gasteiger partial charge in [-0.1, -0.05) is 6.07 Å². The predicted octanol–water partition coefficient (Wildman–Crippen LogP) is 2.89. The van der Waals surface area contributed by atoms with Gasteiger partial charge in [-0.05, 0) is 37.2 Å². The molecule has 1 aliphatic rings. The van der Waals surface area contributed by atoms with Crippen molar-refractivity contribution in [3.63, 3.8) is 0 Å². The highest BCUT2D eigenvalue weighted by molar-refractivity contribution is 5.85. The van der Waals surface area contributed by atoms with E-state index in [1.807, 2.05) is 0 Å². The molecule has 102 valence electrons. The van der Waals surface area contributed by atoms with Gasteiger partial charge in [-0.3, -0.25) is 0 Å². The molecule has 0 bridgehead atoms. The molecule has 2 rings (SSSR count). The second-order valence-electron chi connectivity index (χ2n) is 4.34. The maximum Gasteiger partial charge on any atom is 0.266 e. The largest absolute Gasteiger partial charge is 0.323 e. The van der Waals surface area contributed by atoms with Crippen LogP contribution in [-0.2, 0) is 0 Å². The minimum atomic E-state index is -2.80. The Morgan fingerprint density at radius 3 is 2.44 bits per heavy atom. The summed E-state index contributed by atoms with van der Waals surface area (Å²) < 4.78 is 38.1. The molecule has 18 heavy (non-hydrogen) atoms. The van der Waals surface area contributed by atoms with E-state index in [2.05, 4.69) is 4.90 Å². The topological polar surface area (TPSA) is 29.3 Å². The van der Waals surface area contributed by atoms with Crippen molar-refractivity contribution < 1.29 is 13.2 Å². The Balaban J connectivity index is 0.00000162. The zero-order valence-corrected chi connectivity index (χ0v) is 10.6. The maximum atomic E-state index is 13.1. The first-order chi connectivity index (χ1) is 8.08. The van der Waals surface area contributed by atoms with Crippen LogP contribution in [-0.4, -0.2) is 24.5 Å². The molecule has 1 fully saturated rings. The van der Waals surface area contributed by atoms with Gasteiger partial charge in [-0.25, -0.2) is 13.2 Å². The fourth-order valence-electron chi connectivity index (χ4n) is 1.91. The number of rotatable bonds is 4. The van der Waals surface area contributed by atoms with Crippen molar-refractivity contribution in [2.45, 2.75) is 18.9 Å². The summed E-state index contributed by atoms with van der Waals surface area (Å²) >= 11 is 0. The lowest BCUT2D eigenvalue weighted by Crippen LogP contribution is -2.41. The molecule has 0 spiro atoms. The first kappa shape index (κ1) is 15.3. The third-order valence-electron chi connectivity index (χ3n) is 3.09. The van der Waals surface area contributed by atoms with E-state index in [9.17, 15) is 13.2 Å². The second kappa shape index (κ2) is 6.41. The lowest BCUT2D eigenvalue weighted by molar-refractivity contribution is 0.146. The number of halogens is 4. The molecule has 1 aromatic rings. The van der Waals surface area contributed by atoms with Gasteiger partial charge in [0.2, 0.25) is 0 Å². The number of benzene rings is 1. The van der Waals surface area contributed by atoms with Gasteiger partial charge in [0.1, 0.15) is 5.82 Å². The Bertz CT molecular complexity index is 397. The van der Waals surface area contributed by atoms with Crippen molar-refractivity contribution in [2.75, 3.05) is 19.6 Å². The Morgan fingerprint density at radius 2 is 1.94 bits per heavy atom. The van der Waals surface area contributed by atoms with Crippen molar-refractivity contribution in [1.82, 2.24) is 4.90 Å². The van der Waals surface area contributed by atoms with Gasteiger partial charge >= 0.3 is 0 Å². The van der Waals surface area contributed by atoms with Crippen LogP contribution in [0.1, 0.15) is 30.0 Å². The Hall–Kier alpha value is -0.780. The zero-order valence-electron chi connectivity index (χ0n) is 9.78. The molecule has 0 aliphatic carbocycles. The third kappa shape index (κ3) is 3.37. The number of nitrogens with two attached hydrogens (primary N) is 1. The van der Waals surface area contributed by atoms with Crippen molar-refractivity contribution in [1.29, 1.82) is 0 Å². The van der Waals surface area contributed by atoms with E-state index in [1.54, 1.807) is 0 Å². The van der Waals surface area contributed by atoms with Crippen LogP contribution in [0.15, 0.2) is 18.2 Å². The maximum absolute atomic E-state index is 13.1. The number of nitrogens with zero attached hydrogens (tertiary/aromatic N) is 1. The molecule has 1 aromatic carbocycles. The first-order valence-corrected chi connectivity index (χ1v) is 5.63. The van der Waals surface area contributed by atoms with Crippen molar-refractivity contribution >= 4 is 12.4 Å². The van der Waals surface area contributed by atoms with Crippen LogP contribution in [0.4, 0.5) is 13.2 Å². The van der Waals surface area contributed by atoms with E-state index in [0.717, 1.165) is 25.6 Å². The van der Waals surface area contributed by atoms with Crippen molar-refractivity contribution in [3.8, 4) is 0 Å². The number of hydrogen-bond donors (Lipinski definition) is 1. The standard InChI is InChI=1S/C12H15F3N2.ClH/c13-10-3-2-8(6-9(10)12(14)15)11(16)7-17-4-1-5-17;/h2-3,6,11-12H,1,4-5,7,16H2;1H/t11-;/m1./s1. The summed E-state index contributed by atoms with van der Waals surface area (Å²) in [6.07, 6.45) is -1.65.